The molecule has 0 unspecified atom stereocenters. The summed E-state index contributed by atoms with van der Waals surface area (Å²) in [5.74, 6) is 0.656. The summed E-state index contributed by atoms with van der Waals surface area (Å²) in [5.41, 5.74) is 2.47. The first-order valence-corrected chi connectivity index (χ1v) is 6.46. The monoisotopic (exact) mass is 279 g/mol. The highest BCUT2D eigenvalue weighted by Crippen LogP contribution is 2.21. The van der Waals surface area contributed by atoms with Gasteiger partial charge >= 0.3 is 6.01 Å². The number of phenols is 1. The molecular formula is C16H13N3O2. The lowest BCUT2D eigenvalue weighted by Gasteiger charge is -1.99. The zero-order chi connectivity index (χ0) is 14.7. The van der Waals surface area contributed by atoms with Gasteiger partial charge in [-0.05, 0) is 48.9 Å². The van der Waals surface area contributed by atoms with Crippen LogP contribution in [0, 0.1) is 0 Å². The van der Waals surface area contributed by atoms with E-state index in [0.29, 0.717) is 5.89 Å². The normalized spacial score (nSPS) is 11.6. The number of benzene rings is 2. The molecule has 21 heavy (non-hydrogen) atoms. The molecule has 3 aromatic rings. The van der Waals surface area contributed by atoms with Crippen molar-refractivity contribution in [2.24, 2.45) is 4.99 Å². The molecule has 2 aromatic carbocycles. The lowest BCUT2D eigenvalue weighted by molar-refractivity contribution is 0.475. The fraction of sp³-hybridized carbons (Fsp3) is 0.0625. The highest BCUT2D eigenvalue weighted by molar-refractivity contribution is 5.99. The summed E-state index contributed by atoms with van der Waals surface area (Å²) in [6, 6.07) is 16.5. The lowest BCUT2D eigenvalue weighted by atomic mass is 10.1. The Morgan fingerprint density at radius 1 is 1.00 bits per heavy atom. The molecule has 0 spiro atoms. The van der Waals surface area contributed by atoms with E-state index in [1.54, 1.807) is 24.3 Å². The van der Waals surface area contributed by atoms with Gasteiger partial charge < -0.3 is 9.52 Å². The molecule has 0 fully saturated rings. The van der Waals surface area contributed by atoms with Crippen LogP contribution >= 0.6 is 0 Å². The van der Waals surface area contributed by atoms with Crippen molar-refractivity contribution in [2.45, 2.75) is 6.92 Å². The predicted molar refractivity (Wildman–Crippen MR) is 79.7 cm³/mol. The Labute approximate surface area is 121 Å². The maximum atomic E-state index is 9.28. The number of rotatable bonds is 3. The minimum atomic E-state index is 0.208. The Bertz CT molecular complexity index is 762. The molecule has 0 radical (unpaired) electrons. The Balaban J connectivity index is 1.86. The molecule has 0 bridgehead atoms. The second-order valence-electron chi connectivity index (χ2n) is 4.50. The van der Waals surface area contributed by atoms with Crippen LogP contribution in [0.15, 0.2) is 64.0 Å². The van der Waals surface area contributed by atoms with Crippen LogP contribution in [0.5, 0.6) is 5.75 Å². The average Bonchev–Trinajstić information content (AvgIpc) is 2.97. The molecule has 0 amide bonds. The molecule has 1 N–H and O–H groups in total. The molecule has 0 aliphatic carbocycles. The Morgan fingerprint density at radius 3 is 2.43 bits per heavy atom. The van der Waals surface area contributed by atoms with Gasteiger partial charge in [-0.3, -0.25) is 0 Å². The van der Waals surface area contributed by atoms with Gasteiger partial charge in [-0.2, -0.15) is 4.99 Å². The zero-order valence-corrected chi connectivity index (χ0v) is 11.4. The fourth-order valence-electron chi connectivity index (χ4n) is 1.87. The maximum absolute atomic E-state index is 9.28. The Kier molecular flexibility index (Phi) is 3.47. The molecule has 1 heterocycles. The van der Waals surface area contributed by atoms with Gasteiger partial charge in [0.1, 0.15) is 5.75 Å². The van der Waals surface area contributed by atoms with E-state index in [1.807, 2.05) is 37.3 Å². The van der Waals surface area contributed by atoms with Gasteiger partial charge in [0.15, 0.2) is 0 Å². The van der Waals surface area contributed by atoms with E-state index in [9.17, 15) is 5.11 Å². The van der Waals surface area contributed by atoms with Gasteiger partial charge in [0.05, 0.1) is 5.71 Å². The fourth-order valence-corrected chi connectivity index (χ4v) is 1.87. The second kappa shape index (κ2) is 5.58. The maximum Gasteiger partial charge on any atom is 0.342 e. The van der Waals surface area contributed by atoms with Gasteiger partial charge in [-0.25, -0.2) is 0 Å². The van der Waals surface area contributed by atoms with Crippen LogP contribution in [0.25, 0.3) is 11.5 Å². The molecule has 5 nitrogen and oxygen atoms in total. The van der Waals surface area contributed by atoms with Crippen LogP contribution in [-0.2, 0) is 0 Å². The third-order valence-electron chi connectivity index (χ3n) is 2.98. The summed E-state index contributed by atoms with van der Waals surface area (Å²) >= 11 is 0. The van der Waals surface area contributed by atoms with Crippen LogP contribution in [0.1, 0.15) is 12.5 Å². The molecule has 0 aliphatic rings. The van der Waals surface area contributed by atoms with E-state index in [1.165, 1.54) is 0 Å². The van der Waals surface area contributed by atoms with Gasteiger partial charge in [-0.15, -0.1) is 5.10 Å². The first-order chi connectivity index (χ1) is 10.2. The molecule has 0 saturated carbocycles. The van der Waals surface area contributed by atoms with E-state index in [2.05, 4.69) is 15.2 Å². The van der Waals surface area contributed by atoms with Crippen molar-refractivity contribution < 1.29 is 9.52 Å². The Morgan fingerprint density at radius 2 is 1.71 bits per heavy atom. The quantitative estimate of drug-likeness (QED) is 0.744. The molecule has 0 aliphatic heterocycles. The highest BCUT2D eigenvalue weighted by Gasteiger charge is 2.08. The van der Waals surface area contributed by atoms with Gasteiger partial charge in [0, 0.05) is 5.56 Å². The first kappa shape index (κ1) is 13.1. The molecule has 1 aromatic heterocycles. The summed E-state index contributed by atoms with van der Waals surface area (Å²) in [4.78, 5) is 4.30. The summed E-state index contributed by atoms with van der Waals surface area (Å²) in [5, 5.41) is 17.2. The number of phenolic OH excluding ortho intramolecular Hbond substituents is 1. The van der Waals surface area contributed by atoms with E-state index in [-0.39, 0.29) is 11.8 Å². The molecule has 104 valence electrons. The molecule has 3 rings (SSSR count). The number of hydrogen-bond acceptors (Lipinski definition) is 5. The molecule has 5 heteroatoms. The van der Waals surface area contributed by atoms with Gasteiger partial charge in [0.25, 0.3) is 0 Å². The smallest absolute Gasteiger partial charge is 0.342 e. The molecular weight excluding hydrogens is 266 g/mol. The second-order valence-corrected chi connectivity index (χ2v) is 4.50. The van der Waals surface area contributed by atoms with Gasteiger partial charge in [0.2, 0.25) is 5.89 Å². The standard InChI is InChI=1S/C16H13N3O2/c1-11(12-7-9-14(20)10-8-12)17-16-19-18-15(21-16)13-5-3-2-4-6-13/h2-10,20H,1H3/b17-11+. The van der Waals surface area contributed by atoms with Crippen LogP contribution in [0.2, 0.25) is 0 Å². The number of aliphatic imine (C=N–C) groups is 1. The summed E-state index contributed by atoms with van der Waals surface area (Å²) < 4.78 is 5.53. The number of aromatic hydroxyl groups is 1. The predicted octanol–water partition coefficient (Wildman–Crippen LogP) is 3.58. The lowest BCUT2D eigenvalue weighted by Crippen LogP contribution is -1.92. The molecule has 0 saturated heterocycles. The summed E-state index contributed by atoms with van der Waals surface area (Å²) in [6.45, 7) is 1.85. The topological polar surface area (TPSA) is 71.5 Å². The van der Waals surface area contributed by atoms with E-state index in [0.717, 1.165) is 16.8 Å². The van der Waals surface area contributed by atoms with Crippen molar-refractivity contribution in [3.05, 3.63) is 60.2 Å². The van der Waals surface area contributed by atoms with Gasteiger partial charge in [-0.1, -0.05) is 23.3 Å². The van der Waals surface area contributed by atoms with Crippen LogP contribution < -0.4 is 0 Å². The first-order valence-electron chi connectivity index (χ1n) is 6.46. The van der Waals surface area contributed by atoms with E-state index >= 15 is 0 Å². The van der Waals surface area contributed by atoms with Crippen LogP contribution in [0.4, 0.5) is 6.01 Å². The third kappa shape index (κ3) is 2.97. The largest absolute Gasteiger partial charge is 0.508 e. The summed E-state index contributed by atoms with van der Waals surface area (Å²) in [7, 11) is 0. The van der Waals surface area contributed by atoms with Crippen LogP contribution in [-0.4, -0.2) is 21.0 Å². The summed E-state index contributed by atoms with van der Waals surface area (Å²) in [6.07, 6.45) is 0. The van der Waals surface area contributed by atoms with Crippen molar-refractivity contribution in [1.82, 2.24) is 10.2 Å². The van der Waals surface area contributed by atoms with Crippen molar-refractivity contribution in [3.8, 4) is 17.2 Å². The minimum absolute atomic E-state index is 0.208. The van der Waals surface area contributed by atoms with Crippen molar-refractivity contribution in [3.63, 3.8) is 0 Å². The average molecular weight is 279 g/mol. The van der Waals surface area contributed by atoms with Crippen molar-refractivity contribution in [1.29, 1.82) is 0 Å². The number of hydrogen-bond donors (Lipinski definition) is 1. The van der Waals surface area contributed by atoms with Crippen molar-refractivity contribution >= 4 is 11.7 Å². The Hall–Kier alpha value is -2.95. The van der Waals surface area contributed by atoms with Crippen LogP contribution in [0.3, 0.4) is 0 Å². The number of aromatic nitrogens is 2. The van der Waals surface area contributed by atoms with Crippen molar-refractivity contribution in [2.75, 3.05) is 0 Å². The van der Waals surface area contributed by atoms with E-state index < -0.39 is 0 Å². The third-order valence-corrected chi connectivity index (χ3v) is 2.98. The highest BCUT2D eigenvalue weighted by atomic mass is 16.4. The minimum Gasteiger partial charge on any atom is -0.508 e. The van der Waals surface area contributed by atoms with E-state index in [4.69, 9.17) is 4.42 Å². The SMILES string of the molecule is C/C(=N\c1nnc(-c2ccccc2)o1)c1ccc(O)cc1. The number of nitrogens with zero attached hydrogens (tertiary/aromatic N) is 3. The molecule has 0 atom stereocenters. The zero-order valence-electron chi connectivity index (χ0n) is 11.4.